The fourth-order valence-electron chi connectivity index (χ4n) is 2.59. The molecule has 0 spiro atoms. The molecule has 3 heteroatoms. The van der Waals surface area contributed by atoms with Crippen LogP contribution >= 0.6 is 0 Å². The molecule has 1 amide bonds. The molecule has 0 atom stereocenters. The van der Waals surface area contributed by atoms with Crippen molar-refractivity contribution in [2.75, 3.05) is 5.32 Å². The van der Waals surface area contributed by atoms with E-state index in [-0.39, 0.29) is 5.91 Å². The van der Waals surface area contributed by atoms with Gasteiger partial charge in [-0.2, -0.15) is 0 Å². The molecule has 0 aliphatic carbocycles. The molecule has 0 unspecified atom stereocenters. The smallest absolute Gasteiger partial charge is 0.255 e. The summed E-state index contributed by atoms with van der Waals surface area (Å²) in [4.78, 5) is 12.4. The normalized spacial score (nSPS) is 10.9. The van der Waals surface area contributed by atoms with Crippen molar-refractivity contribution in [2.45, 2.75) is 0 Å². The van der Waals surface area contributed by atoms with Crippen LogP contribution in [0.3, 0.4) is 0 Å². The van der Waals surface area contributed by atoms with Crippen LogP contribution in [0.15, 0.2) is 77.2 Å². The molecule has 0 radical (unpaired) electrons. The number of hydrogen-bond donors (Lipinski definition) is 1. The summed E-state index contributed by atoms with van der Waals surface area (Å²) in [6.07, 6.45) is 0. The molecule has 106 valence electrons. The Hall–Kier alpha value is -3.07. The summed E-state index contributed by atoms with van der Waals surface area (Å²) < 4.78 is 5.77. The maximum atomic E-state index is 12.4. The second-order valence-electron chi connectivity index (χ2n) is 5.13. The molecule has 22 heavy (non-hydrogen) atoms. The second-order valence-corrected chi connectivity index (χ2v) is 5.13. The maximum Gasteiger partial charge on any atom is 0.255 e. The molecule has 3 nitrogen and oxygen atoms in total. The predicted octanol–water partition coefficient (Wildman–Crippen LogP) is 4.84. The van der Waals surface area contributed by atoms with Crippen molar-refractivity contribution in [3.63, 3.8) is 0 Å². The number of amides is 1. The number of furan rings is 1. The van der Waals surface area contributed by atoms with Crippen LogP contribution in [0.1, 0.15) is 10.4 Å². The van der Waals surface area contributed by atoms with E-state index in [1.165, 1.54) is 0 Å². The summed E-state index contributed by atoms with van der Waals surface area (Å²) in [5.74, 6) is -0.126. The Morgan fingerprint density at radius 3 is 2.36 bits per heavy atom. The molecule has 0 aliphatic heterocycles. The van der Waals surface area contributed by atoms with Crippen LogP contribution in [0.25, 0.3) is 21.9 Å². The van der Waals surface area contributed by atoms with Gasteiger partial charge in [-0.3, -0.25) is 4.79 Å². The highest BCUT2D eigenvalue weighted by Crippen LogP contribution is 2.29. The molecule has 0 bridgehead atoms. The molecule has 0 fully saturated rings. The van der Waals surface area contributed by atoms with Gasteiger partial charge in [0.05, 0.1) is 0 Å². The monoisotopic (exact) mass is 287 g/mol. The number of para-hydroxylation sites is 2. The van der Waals surface area contributed by atoms with Crippen molar-refractivity contribution in [2.24, 2.45) is 0 Å². The van der Waals surface area contributed by atoms with Gasteiger partial charge in [-0.05, 0) is 36.4 Å². The lowest BCUT2D eigenvalue weighted by Crippen LogP contribution is -2.11. The highest BCUT2D eigenvalue weighted by atomic mass is 16.3. The molecule has 1 aromatic heterocycles. The van der Waals surface area contributed by atoms with Crippen LogP contribution in [0.2, 0.25) is 0 Å². The Labute approximate surface area is 127 Å². The van der Waals surface area contributed by atoms with Crippen molar-refractivity contribution < 1.29 is 9.21 Å². The van der Waals surface area contributed by atoms with E-state index in [1.807, 2.05) is 66.7 Å². The quantitative estimate of drug-likeness (QED) is 0.573. The number of benzene rings is 3. The second kappa shape index (κ2) is 5.04. The summed E-state index contributed by atoms with van der Waals surface area (Å²) in [5, 5.41) is 4.87. The Morgan fingerprint density at radius 2 is 1.50 bits per heavy atom. The Morgan fingerprint density at radius 1 is 0.773 bits per heavy atom. The lowest BCUT2D eigenvalue weighted by molar-refractivity contribution is 0.102. The van der Waals surface area contributed by atoms with Crippen LogP contribution in [0.5, 0.6) is 0 Å². The summed E-state index contributed by atoms with van der Waals surface area (Å²) in [6, 6.07) is 22.8. The molecule has 0 saturated carbocycles. The van der Waals surface area contributed by atoms with E-state index < -0.39 is 0 Å². The fraction of sp³-hybridized carbons (Fsp3) is 0. The maximum absolute atomic E-state index is 12.4. The van der Waals surface area contributed by atoms with Gasteiger partial charge in [0.25, 0.3) is 5.91 Å². The molecular weight excluding hydrogens is 274 g/mol. The summed E-state index contributed by atoms with van der Waals surface area (Å²) in [6.45, 7) is 0. The van der Waals surface area contributed by atoms with Gasteiger partial charge in [0.1, 0.15) is 11.2 Å². The molecule has 0 saturated heterocycles. The van der Waals surface area contributed by atoms with Crippen LogP contribution < -0.4 is 5.32 Å². The van der Waals surface area contributed by atoms with Crippen molar-refractivity contribution in [3.8, 4) is 0 Å². The average Bonchev–Trinajstić information content (AvgIpc) is 2.93. The minimum atomic E-state index is -0.126. The van der Waals surface area contributed by atoms with E-state index in [9.17, 15) is 4.79 Å². The number of carbonyl (C=O) groups excluding carboxylic acids is 1. The number of carbonyl (C=O) groups is 1. The van der Waals surface area contributed by atoms with Crippen molar-refractivity contribution in [1.82, 2.24) is 0 Å². The van der Waals surface area contributed by atoms with E-state index in [0.29, 0.717) is 5.56 Å². The first kappa shape index (κ1) is 12.7. The van der Waals surface area contributed by atoms with Gasteiger partial charge in [0.2, 0.25) is 0 Å². The minimum absolute atomic E-state index is 0.126. The molecule has 4 aromatic rings. The summed E-state index contributed by atoms with van der Waals surface area (Å²) in [7, 11) is 0. The van der Waals surface area contributed by atoms with E-state index in [4.69, 9.17) is 4.42 Å². The van der Waals surface area contributed by atoms with Crippen molar-refractivity contribution in [1.29, 1.82) is 0 Å². The SMILES string of the molecule is O=C(Nc1ccccc1)c1ccc2oc3ccccc3c2c1. The molecular formula is C19H13NO2. The van der Waals surface area contributed by atoms with E-state index in [1.54, 1.807) is 6.07 Å². The standard InChI is InChI=1S/C19H13NO2/c21-19(20-14-6-2-1-3-7-14)13-10-11-18-16(12-13)15-8-4-5-9-17(15)22-18/h1-12H,(H,20,21). The van der Waals surface area contributed by atoms with Gasteiger partial charge in [0.15, 0.2) is 0 Å². The number of rotatable bonds is 2. The third kappa shape index (κ3) is 2.13. The average molecular weight is 287 g/mol. The molecule has 1 heterocycles. The zero-order valence-electron chi connectivity index (χ0n) is 11.7. The van der Waals surface area contributed by atoms with Gasteiger partial charge < -0.3 is 9.73 Å². The van der Waals surface area contributed by atoms with Crippen molar-refractivity contribution in [3.05, 3.63) is 78.4 Å². The highest BCUT2D eigenvalue weighted by Gasteiger charge is 2.11. The van der Waals surface area contributed by atoms with Crippen LogP contribution in [0.4, 0.5) is 5.69 Å². The summed E-state index contributed by atoms with van der Waals surface area (Å²) >= 11 is 0. The zero-order chi connectivity index (χ0) is 14.9. The first-order valence-corrected chi connectivity index (χ1v) is 7.09. The predicted molar refractivity (Wildman–Crippen MR) is 88.1 cm³/mol. The Kier molecular flexibility index (Phi) is 2.90. The number of nitrogens with one attached hydrogen (secondary N) is 1. The largest absolute Gasteiger partial charge is 0.456 e. The molecule has 1 N–H and O–H groups in total. The van der Waals surface area contributed by atoms with Gasteiger partial charge in [0, 0.05) is 22.0 Å². The third-order valence-corrected chi connectivity index (χ3v) is 3.67. The lowest BCUT2D eigenvalue weighted by Gasteiger charge is -2.04. The van der Waals surface area contributed by atoms with Gasteiger partial charge >= 0.3 is 0 Å². The van der Waals surface area contributed by atoms with Gasteiger partial charge in [-0.25, -0.2) is 0 Å². The number of anilines is 1. The Bertz CT molecular complexity index is 970. The van der Waals surface area contributed by atoms with Gasteiger partial charge in [-0.15, -0.1) is 0 Å². The minimum Gasteiger partial charge on any atom is -0.456 e. The van der Waals surface area contributed by atoms with Crippen molar-refractivity contribution >= 4 is 33.5 Å². The lowest BCUT2D eigenvalue weighted by atomic mass is 10.1. The molecule has 4 rings (SSSR count). The number of fused-ring (bicyclic) bond motifs is 3. The third-order valence-electron chi connectivity index (χ3n) is 3.67. The van der Waals surface area contributed by atoms with E-state index in [2.05, 4.69) is 5.32 Å². The highest BCUT2D eigenvalue weighted by molar-refractivity contribution is 6.10. The van der Waals surface area contributed by atoms with Crippen LogP contribution in [-0.2, 0) is 0 Å². The first-order chi connectivity index (χ1) is 10.8. The zero-order valence-corrected chi connectivity index (χ0v) is 11.7. The summed E-state index contributed by atoms with van der Waals surface area (Å²) in [5.41, 5.74) is 3.02. The molecule has 0 aliphatic rings. The number of hydrogen-bond acceptors (Lipinski definition) is 2. The Balaban J connectivity index is 1.75. The molecule has 3 aromatic carbocycles. The van der Waals surface area contributed by atoms with Gasteiger partial charge in [-0.1, -0.05) is 36.4 Å². The van der Waals surface area contributed by atoms with Crippen LogP contribution in [0, 0.1) is 0 Å². The first-order valence-electron chi connectivity index (χ1n) is 7.09. The van der Waals surface area contributed by atoms with E-state index >= 15 is 0 Å². The van der Waals surface area contributed by atoms with E-state index in [0.717, 1.165) is 27.6 Å². The van der Waals surface area contributed by atoms with Crippen LogP contribution in [-0.4, -0.2) is 5.91 Å². The topological polar surface area (TPSA) is 42.2 Å². The fourth-order valence-corrected chi connectivity index (χ4v) is 2.59.